The van der Waals surface area contributed by atoms with Gasteiger partial charge in [-0.1, -0.05) is 37.3 Å². The van der Waals surface area contributed by atoms with Gasteiger partial charge in [0.15, 0.2) is 5.13 Å². The minimum atomic E-state index is -0.157. The topological polar surface area (TPSA) is 74.7 Å². The van der Waals surface area contributed by atoms with Crippen molar-refractivity contribution in [1.29, 1.82) is 0 Å². The van der Waals surface area contributed by atoms with Gasteiger partial charge >= 0.3 is 0 Å². The van der Waals surface area contributed by atoms with Gasteiger partial charge in [0, 0.05) is 25.0 Å². The van der Waals surface area contributed by atoms with E-state index in [1.807, 2.05) is 29.6 Å². The third-order valence-corrected chi connectivity index (χ3v) is 7.01. The van der Waals surface area contributed by atoms with Gasteiger partial charge in [-0.3, -0.25) is 9.69 Å². The lowest BCUT2D eigenvalue weighted by molar-refractivity contribution is -0.115. The number of anilines is 1. The van der Waals surface area contributed by atoms with Gasteiger partial charge in [-0.15, -0.1) is 11.3 Å². The van der Waals surface area contributed by atoms with Gasteiger partial charge in [-0.2, -0.15) is 0 Å². The number of piperidine rings is 1. The molecule has 0 saturated carbocycles. The maximum Gasteiger partial charge on any atom is 0.230 e. The smallest absolute Gasteiger partial charge is 0.230 e. The number of hydrogen-bond acceptors (Lipinski definition) is 6. The lowest BCUT2D eigenvalue weighted by Gasteiger charge is -2.29. The Labute approximate surface area is 200 Å². The van der Waals surface area contributed by atoms with E-state index in [9.17, 15) is 9.90 Å². The highest BCUT2D eigenvalue weighted by atomic mass is 32.1. The fourth-order valence-electron chi connectivity index (χ4n) is 4.15. The molecule has 2 aliphatic rings. The Morgan fingerprint density at radius 2 is 2.18 bits per heavy atom. The number of carbonyl (C=O) groups excluding carboxylic acids is 1. The lowest BCUT2D eigenvalue weighted by Crippen LogP contribution is -2.38. The first kappa shape index (κ1) is 23.7. The molecule has 1 aromatic carbocycles. The fraction of sp³-hybridized carbons (Fsp3) is 0.462. The number of hydrogen-bond donors (Lipinski definition) is 2. The number of carbonyl (C=O) groups is 1. The van der Waals surface area contributed by atoms with E-state index in [-0.39, 0.29) is 18.4 Å². The Morgan fingerprint density at radius 3 is 2.94 bits per heavy atom. The Morgan fingerprint density at radius 1 is 1.33 bits per heavy atom. The van der Waals surface area contributed by atoms with Crippen molar-refractivity contribution in [2.75, 3.05) is 31.6 Å². The summed E-state index contributed by atoms with van der Waals surface area (Å²) in [6.45, 7) is 5.46. The first-order valence-electron chi connectivity index (χ1n) is 11.9. The molecule has 0 spiro atoms. The number of benzene rings is 1. The average Bonchev–Trinajstić information content (AvgIpc) is 3.29. The van der Waals surface area contributed by atoms with E-state index in [1.165, 1.54) is 11.3 Å². The van der Waals surface area contributed by atoms with Gasteiger partial charge in [0.1, 0.15) is 12.4 Å². The maximum atomic E-state index is 12.6. The van der Waals surface area contributed by atoms with Crippen LogP contribution in [0.1, 0.15) is 43.9 Å². The van der Waals surface area contributed by atoms with Crippen molar-refractivity contribution in [2.45, 2.75) is 45.1 Å². The van der Waals surface area contributed by atoms with Crippen molar-refractivity contribution in [3.05, 3.63) is 59.1 Å². The summed E-state index contributed by atoms with van der Waals surface area (Å²) in [7, 11) is 0. The molecule has 1 amide bonds. The summed E-state index contributed by atoms with van der Waals surface area (Å²) < 4.78 is 5.90. The highest BCUT2D eigenvalue weighted by Crippen LogP contribution is 2.28. The number of likely N-dealkylation sites (tertiary alicyclic amines) is 1. The van der Waals surface area contributed by atoms with Gasteiger partial charge in [0.05, 0.1) is 18.2 Å². The predicted octanol–water partition coefficient (Wildman–Crippen LogP) is 4.53. The third kappa shape index (κ3) is 7.00. The number of aliphatic hydroxyl groups excluding tert-OH is 1. The van der Waals surface area contributed by atoms with Crippen LogP contribution in [-0.2, 0) is 11.2 Å². The van der Waals surface area contributed by atoms with Crippen LogP contribution in [0, 0.1) is 5.92 Å². The van der Waals surface area contributed by atoms with Crippen LogP contribution in [0.3, 0.4) is 0 Å². The number of aliphatic hydroxyl groups is 1. The average molecular weight is 468 g/mol. The fourth-order valence-corrected chi connectivity index (χ4v) is 4.89. The summed E-state index contributed by atoms with van der Waals surface area (Å²) in [5, 5.41) is 15.2. The Kier molecular flexibility index (Phi) is 8.31. The Bertz CT molecular complexity index is 992. The van der Waals surface area contributed by atoms with Crippen molar-refractivity contribution >= 4 is 27.9 Å². The summed E-state index contributed by atoms with van der Waals surface area (Å²) in [5.74, 6) is 1.31. The van der Waals surface area contributed by atoms with E-state index in [2.05, 4.69) is 40.4 Å². The second kappa shape index (κ2) is 11.6. The summed E-state index contributed by atoms with van der Waals surface area (Å²) in [5.41, 5.74) is 2.95. The van der Waals surface area contributed by atoms with E-state index in [0.29, 0.717) is 17.7 Å². The molecule has 1 fully saturated rings. The van der Waals surface area contributed by atoms with E-state index in [0.717, 1.165) is 67.9 Å². The van der Waals surface area contributed by atoms with Crippen molar-refractivity contribution in [3.8, 4) is 5.75 Å². The number of aromatic nitrogens is 1. The van der Waals surface area contributed by atoms with E-state index in [1.54, 1.807) is 0 Å². The molecule has 6 nitrogen and oxygen atoms in total. The summed E-state index contributed by atoms with van der Waals surface area (Å²) in [6.07, 6.45) is 10.6. The SMILES string of the molecule is CCC1C=CC(c2csc(NC(=O)Cc3cccc(OCCN4CCC(O)CC4)c3)n2)=CC1. The standard InChI is InChI=1S/C26H33N3O3S/c1-2-19-6-8-21(9-7-19)24-18-33-26(27-24)28-25(31)17-20-4-3-5-23(16-20)32-15-14-29-12-10-22(30)11-13-29/h3-6,8-9,16,18-19,22,30H,2,7,10-15,17H2,1H3,(H,27,28,31). The zero-order valence-corrected chi connectivity index (χ0v) is 20.0. The molecule has 1 aromatic heterocycles. The molecule has 2 heterocycles. The van der Waals surface area contributed by atoms with Crippen LogP contribution in [-0.4, -0.2) is 53.2 Å². The summed E-state index contributed by atoms with van der Waals surface area (Å²) in [6, 6.07) is 7.70. The highest BCUT2D eigenvalue weighted by molar-refractivity contribution is 7.14. The summed E-state index contributed by atoms with van der Waals surface area (Å²) in [4.78, 5) is 19.5. The van der Waals surface area contributed by atoms with Crippen molar-refractivity contribution in [1.82, 2.24) is 9.88 Å². The van der Waals surface area contributed by atoms with Gasteiger partial charge < -0.3 is 15.2 Å². The first-order chi connectivity index (χ1) is 16.1. The second-order valence-electron chi connectivity index (χ2n) is 8.75. The molecule has 1 saturated heterocycles. The van der Waals surface area contributed by atoms with Crippen molar-refractivity contribution in [2.24, 2.45) is 5.92 Å². The number of nitrogens with zero attached hydrogens (tertiary/aromatic N) is 2. The van der Waals surface area contributed by atoms with Crippen molar-refractivity contribution in [3.63, 3.8) is 0 Å². The quantitative estimate of drug-likeness (QED) is 0.567. The number of amides is 1. The van der Waals surface area contributed by atoms with Crippen LogP contribution in [0.5, 0.6) is 5.75 Å². The number of thiazole rings is 1. The molecular formula is C26H33N3O3S. The molecular weight excluding hydrogens is 434 g/mol. The van der Waals surface area contributed by atoms with Crippen LogP contribution >= 0.6 is 11.3 Å². The Balaban J connectivity index is 1.24. The number of ether oxygens (including phenoxy) is 1. The van der Waals surface area contributed by atoms with Crippen LogP contribution in [0.4, 0.5) is 5.13 Å². The van der Waals surface area contributed by atoms with E-state index in [4.69, 9.17) is 4.74 Å². The molecule has 1 aliphatic carbocycles. The zero-order valence-electron chi connectivity index (χ0n) is 19.2. The minimum absolute atomic E-state index is 0.0841. The number of allylic oxidation sites excluding steroid dienone is 4. The molecule has 0 bridgehead atoms. The van der Waals surface area contributed by atoms with Crippen LogP contribution in [0.2, 0.25) is 0 Å². The monoisotopic (exact) mass is 467 g/mol. The highest BCUT2D eigenvalue weighted by Gasteiger charge is 2.16. The number of rotatable bonds is 9. The second-order valence-corrected chi connectivity index (χ2v) is 9.61. The normalized spacial score (nSPS) is 19.3. The molecule has 4 rings (SSSR count). The van der Waals surface area contributed by atoms with Gasteiger partial charge in [0.25, 0.3) is 0 Å². The molecule has 176 valence electrons. The molecule has 1 atom stereocenters. The molecule has 1 unspecified atom stereocenters. The Hall–Kier alpha value is -2.48. The van der Waals surface area contributed by atoms with Crippen LogP contribution in [0.25, 0.3) is 5.57 Å². The maximum absolute atomic E-state index is 12.6. The van der Waals surface area contributed by atoms with Gasteiger partial charge in [-0.05, 0) is 54.9 Å². The largest absolute Gasteiger partial charge is 0.492 e. The third-order valence-electron chi connectivity index (χ3n) is 6.26. The zero-order chi connectivity index (χ0) is 23.0. The van der Waals surface area contributed by atoms with Gasteiger partial charge in [-0.25, -0.2) is 4.98 Å². The van der Waals surface area contributed by atoms with Gasteiger partial charge in [0.2, 0.25) is 5.91 Å². The van der Waals surface area contributed by atoms with Crippen molar-refractivity contribution < 1.29 is 14.6 Å². The molecule has 0 radical (unpaired) electrons. The molecule has 2 aromatic rings. The van der Waals surface area contributed by atoms with E-state index >= 15 is 0 Å². The predicted molar refractivity (Wildman–Crippen MR) is 134 cm³/mol. The first-order valence-corrected chi connectivity index (χ1v) is 12.7. The minimum Gasteiger partial charge on any atom is -0.492 e. The molecule has 7 heteroatoms. The molecule has 1 aliphatic heterocycles. The van der Waals surface area contributed by atoms with Crippen LogP contribution in [0.15, 0.2) is 47.9 Å². The van der Waals surface area contributed by atoms with Crippen LogP contribution < -0.4 is 10.1 Å². The van der Waals surface area contributed by atoms with E-state index < -0.39 is 0 Å². The molecule has 33 heavy (non-hydrogen) atoms. The summed E-state index contributed by atoms with van der Waals surface area (Å²) >= 11 is 1.45. The number of nitrogens with one attached hydrogen (secondary N) is 1. The lowest BCUT2D eigenvalue weighted by atomic mass is 9.94. The molecule has 2 N–H and O–H groups in total.